The average Bonchev–Trinajstić information content (AvgIpc) is 2.69. The van der Waals surface area contributed by atoms with E-state index < -0.39 is 0 Å². The van der Waals surface area contributed by atoms with Crippen molar-refractivity contribution in [3.63, 3.8) is 0 Å². The molecule has 0 unspecified atom stereocenters. The minimum absolute atomic E-state index is 0.221. The Morgan fingerprint density at radius 2 is 1.81 bits per heavy atom. The number of ether oxygens (including phenoxy) is 1. The second kappa shape index (κ2) is 8.49. The van der Waals surface area contributed by atoms with E-state index in [1.807, 2.05) is 23.1 Å². The first-order chi connectivity index (χ1) is 12.6. The van der Waals surface area contributed by atoms with Gasteiger partial charge in [-0.3, -0.25) is 4.79 Å². The summed E-state index contributed by atoms with van der Waals surface area (Å²) in [5.74, 6) is 1.59. The van der Waals surface area contributed by atoms with E-state index in [-0.39, 0.29) is 5.91 Å². The largest absolute Gasteiger partial charge is 0.497 e. The Morgan fingerprint density at radius 3 is 2.50 bits per heavy atom. The lowest BCUT2D eigenvalue weighted by Gasteiger charge is -2.36. The molecule has 3 rings (SSSR count). The molecule has 0 atom stereocenters. The Morgan fingerprint density at radius 1 is 1.04 bits per heavy atom. The molecule has 1 aliphatic rings. The zero-order valence-electron chi connectivity index (χ0n) is 15.7. The molecular formula is C21H26N2O2S. The number of carbonyl (C=O) groups is 1. The van der Waals surface area contributed by atoms with Gasteiger partial charge in [0.25, 0.3) is 0 Å². The van der Waals surface area contributed by atoms with Crippen molar-refractivity contribution in [2.24, 2.45) is 0 Å². The number of thioether (sulfide) groups is 1. The Kier molecular flexibility index (Phi) is 6.09. The van der Waals surface area contributed by atoms with Crippen LogP contribution in [-0.4, -0.2) is 49.8 Å². The number of amides is 1. The molecule has 1 amide bonds. The van der Waals surface area contributed by atoms with Gasteiger partial charge < -0.3 is 14.5 Å². The highest BCUT2D eigenvalue weighted by Crippen LogP contribution is 2.24. The number of rotatable bonds is 5. The number of hydrogen-bond donors (Lipinski definition) is 0. The third-order valence-electron chi connectivity index (χ3n) is 4.89. The first-order valence-electron chi connectivity index (χ1n) is 8.93. The molecule has 1 fully saturated rings. The quantitative estimate of drug-likeness (QED) is 0.751. The molecule has 1 heterocycles. The van der Waals surface area contributed by atoms with Crippen LogP contribution >= 0.6 is 11.8 Å². The summed E-state index contributed by atoms with van der Waals surface area (Å²) in [4.78, 5) is 18.0. The van der Waals surface area contributed by atoms with E-state index in [1.165, 1.54) is 11.1 Å². The maximum atomic E-state index is 12.5. The predicted octanol–water partition coefficient (Wildman–Crippen LogP) is 3.75. The van der Waals surface area contributed by atoms with Gasteiger partial charge in [-0.2, -0.15) is 0 Å². The van der Waals surface area contributed by atoms with Gasteiger partial charge in [0.15, 0.2) is 0 Å². The fourth-order valence-corrected chi connectivity index (χ4v) is 3.96. The Balaban J connectivity index is 1.50. The van der Waals surface area contributed by atoms with Crippen molar-refractivity contribution in [1.82, 2.24) is 4.90 Å². The van der Waals surface area contributed by atoms with Crippen molar-refractivity contribution in [1.29, 1.82) is 0 Å². The summed E-state index contributed by atoms with van der Waals surface area (Å²) < 4.78 is 5.30. The molecule has 2 aromatic carbocycles. The predicted molar refractivity (Wildman–Crippen MR) is 108 cm³/mol. The molecule has 1 saturated heterocycles. The van der Waals surface area contributed by atoms with E-state index in [0.29, 0.717) is 5.75 Å². The summed E-state index contributed by atoms with van der Waals surface area (Å²) in [6, 6.07) is 14.5. The molecule has 138 valence electrons. The Hall–Kier alpha value is -2.14. The van der Waals surface area contributed by atoms with Crippen molar-refractivity contribution < 1.29 is 9.53 Å². The van der Waals surface area contributed by atoms with Crippen LogP contribution in [0.3, 0.4) is 0 Å². The zero-order valence-corrected chi connectivity index (χ0v) is 16.5. The SMILES string of the molecule is COc1cccc(N2CCN(C(=O)CSc3ccc(C)c(C)c3)CC2)c1. The van der Waals surface area contributed by atoms with Gasteiger partial charge in [-0.1, -0.05) is 12.1 Å². The van der Waals surface area contributed by atoms with Gasteiger partial charge in [0.2, 0.25) is 5.91 Å². The second-order valence-corrected chi connectivity index (χ2v) is 7.65. The van der Waals surface area contributed by atoms with Gasteiger partial charge in [-0.25, -0.2) is 0 Å². The van der Waals surface area contributed by atoms with Crippen LogP contribution in [0.15, 0.2) is 47.4 Å². The van der Waals surface area contributed by atoms with E-state index in [2.05, 4.69) is 43.0 Å². The summed E-state index contributed by atoms with van der Waals surface area (Å²) in [6.07, 6.45) is 0. The third kappa shape index (κ3) is 4.52. The van der Waals surface area contributed by atoms with E-state index >= 15 is 0 Å². The molecule has 0 aromatic heterocycles. The summed E-state index contributed by atoms with van der Waals surface area (Å²) in [6.45, 7) is 7.46. The van der Waals surface area contributed by atoms with Gasteiger partial charge in [0, 0.05) is 42.8 Å². The Bertz CT molecular complexity index is 770. The van der Waals surface area contributed by atoms with Gasteiger partial charge in [0.1, 0.15) is 5.75 Å². The summed E-state index contributed by atoms with van der Waals surface area (Å²) in [5.41, 5.74) is 3.71. The van der Waals surface area contributed by atoms with E-state index in [1.54, 1.807) is 18.9 Å². The number of anilines is 1. The fourth-order valence-electron chi connectivity index (χ4n) is 3.06. The number of hydrogen-bond acceptors (Lipinski definition) is 4. The number of methoxy groups -OCH3 is 1. The normalized spacial score (nSPS) is 14.4. The van der Waals surface area contributed by atoms with Crippen LogP contribution in [0.1, 0.15) is 11.1 Å². The van der Waals surface area contributed by atoms with Crippen LogP contribution in [0.4, 0.5) is 5.69 Å². The molecule has 0 saturated carbocycles. The average molecular weight is 371 g/mol. The van der Waals surface area contributed by atoms with Crippen molar-refractivity contribution in [3.8, 4) is 5.75 Å². The van der Waals surface area contributed by atoms with Crippen molar-refractivity contribution in [2.45, 2.75) is 18.7 Å². The first-order valence-corrected chi connectivity index (χ1v) is 9.92. The van der Waals surface area contributed by atoms with E-state index in [0.717, 1.165) is 42.5 Å². The van der Waals surface area contributed by atoms with Crippen molar-refractivity contribution in [2.75, 3.05) is 43.9 Å². The summed E-state index contributed by atoms with van der Waals surface area (Å²) in [5, 5.41) is 0. The highest BCUT2D eigenvalue weighted by Gasteiger charge is 2.21. The molecule has 0 bridgehead atoms. The highest BCUT2D eigenvalue weighted by molar-refractivity contribution is 8.00. The topological polar surface area (TPSA) is 32.8 Å². The van der Waals surface area contributed by atoms with E-state index in [4.69, 9.17) is 4.74 Å². The van der Waals surface area contributed by atoms with Gasteiger partial charge in [-0.15, -0.1) is 11.8 Å². The van der Waals surface area contributed by atoms with Gasteiger partial charge in [-0.05, 0) is 49.2 Å². The van der Waals surface area contributed by atoms with E-state index in [9.17, 15) is 4.79 Å². The maximum absolute atomic E-state index is 12.5. The monoisotopic (exact) mass is 370 g/mol. The highest BCUT2D eigenvalue weighted by atomic mass is 32.2. The maximum Gasteiger partial charge on any atom is 0.233 e. The van der Waals surface area contributed by atoms with Crippen molar-refractivity contribution in [3.05, 3.63) is 53.6 Å². The molecule has 0 N–H and O–H groups in total. The first kappa shape index (κ1) is 18.6. The lowest BCUT2D eigenvalue weighted by molar-refractivity contribution is -0.128. The van der Waals surface area contributed by atoms with Crippen LogP contribution in [0.25, 0.3) is 0 Å². The molecule has 0 spiro atoms. The zero-order chi connectivity index (χ0) is 18.5. The third-order valence-corrected chi connectivity index (χ3v) is 5.87. The second-order valence-electron chi connectivity index (χ2n) is 6.60. The van der Waals surface area contributed by atoms with Crippen LogP contribution < -0.4 is 9.64 Å². The number of piperazine rings is 1. The number of carbonyl (C=O) groups excluding carboxylic acids is 1. The molecule has 2 aromatic rings. The molecule has 0 aliphatic carbocycles. The molecular weight excluding hydrogens is 344 g/mol. The number of benzene rings is 2. The smallest absolute Gasteiger partial charge is 0.233 e. The number of nitrogens with zero attached hydrogens (tertiary/aromatic N) is 2. The van der Waals surface area contributed by atoms with Crippen LogP contribution in [0.2, 0.25) is 0 Å². The number of aryl methyl sites for hydroxylation is 2. The molecule has 26 heavy (non-hydrogen) atoms. The minimum atomic E-state index is 0.221. The molecule has 5 heteroatoms. The minimum Gasteiger partial charge on any atom is -0.497 e. The summed E-state index contributed by atoms with van der Waals surface area (Å²) >= 11 is 1.63. The van der Waals surface area contributed by atoms with Crippen LogP contribution in [-0.2, 0) is 4.79 Å². The van der Waals surface area contributed by atoms with Gasteiger partial charge in [0.05, 0.1) is 12.9 Å². The van der Waals surface area contributed by atoms with Crippen LogP contribution in [0.5, 0.6) is 5.75 Å². The summed E-state index contributed by atoms with van der Waals surface area (Å²) in [7, 11) is 1.68. The van der Waals surface area contributed by atoms with Crippen molar-refractivity contribution >= 4 is 23.4 Å². The molecule has 4 nitrogen and oxygen atoms in total. The Labute approximate surface area is 160 Å². The van der Waals surface area contributed by atoms with Crippen LogP contribution in [0, 0.1) is 13.8 Å². The fraction of sp³-hybridized carbons (Fsp3) is 0.381. The standard InChI is InChI=1S/C21H26N2O2S/c1-16-7-8-20(13-17(16)2)26-15-21(24)23-11-9-22(10-12-23)18-5-4-6-19(14-18)25-3/h4-8,13-14H,9-12,15H2,1-3H3. The molecule has 1 aliphatic heterocycles. The lowest BCUT2D eigenvalue weighted by atomic mass is 10.1. The van der Waals surface area contributed by atoms with Gasteiger partial charge >= 0.3 is 0 Å². The lowest BCUT2D eigenvalue weighted by Crippen LogP contribution is -2.49. The molecule has 0 radical (unpaired) electrons.